The predicted octanol–water partition coefficient (Wildman–Crippen LogP) is 0.619. The van der Waals surface area contributed by atoms with E-state index in [1.807, 2.05) is 4.90 Å². The summed E-state index contributed by atoms with van der Waals surface area (Å²) in [6.07, 6.45) is 3.88. The van der Waals surface area contributed by atoms with Crippen molar-refractivity contribution in [1.29, 1.82) is 0 Å². The van der Waals surface area contributed by atoms with E-state index in [1.165, 1.54) is 6.08 Å². The summed E-state index contributed by atoms with van der Waals surface area (Å²) in [4.78, 5) is 23.9. The smallest absolute Gasteiger partial charge is 0.328 e. The number of carbonyl (C=O) groups is 2. The summed E-state index contributed by atoms with van der Waals surface area (Å²) in [5, 5.41) is 11.6. The zero-order valence-corrected chi connectivity index (χ0v) is 10.2. The fraction of sp³-hybridized carbons (Fsp3) is 0.667. The van der Waals surface area contributed by atoms with E-state index in [9.17, 15) is 9.59 Å². The molecule has 1 aliphatic heterocycles. The highest BCUT2D eigenvalue weighted by atomic mass is 16.4. The van der Waals surface area contributed by atoms with Gasteiger partial charge in [-0.3, -0.25) is 4.79 Å². The summed E-state index contributed by atoms with van der Waals surface area (Å²) in [5.41, 5.74) is 0.756. The summed E-state index contributed by atoms with van der Waals surface area (Å²) in [6.45, 7) is 4.64. The Labute approximate surface area is 101 Å². The van der Waals surface area contributed by atoms with E-state index in [2.05, 4.69) is 5.32 Å². The number of carboxylic acid groups (broad SMARTS) is 1. The molecular weight excluding hydrogens is 220 g/mol. The normalized spacial score (nSPS) is 16.3. The molecule has 0 atom stereocenters. The highest BCUT2D eigenvalue weighted by molar-refractivity contribution is 5.80. The van der Waals surface area contributed by atoms with Crippen molar-refractivity contribution in [1.82, 2.24) is 10.2 Å². The van der Waals surface area contributed by atoms with Gasteiger partial charge in [0.25, 0.3) is 0 Å². The standard InChI is InChI=1S/C12H20N2O3/c1-10(8-12(16)17)9-13-5-4-11(15)14-6-2-3-7-14/h8,13H,2-7,9H2,1H3,(H,16,17). The molecule has 0 bridgehead atoms. The van der Waals surface area contributed by atoms with Gasteiger partial charge in [0, 0.05) is 38.7 Å². The molecule has 1 aliphatic rings. The highest BCUT2D eigenvalue weighted by Crippen LogP contribution is 2.08. The van der Waals surface area contributed by atoms with Crippen LogP contribution in [0.4, 0.5) is 0 Å². The van der Waals surface area contributed by atoms with Crippen molar-refractivity contribution in [2.24, 2.45) is 0 Å². The van der Waals surface area contributed by atoms with E-state index >= 15 is 0 Å². The van der Waals surface area contributed by atoms with Crippen molar-refractivity contribution in [3.8, 4) is 0 Å². The Hall–Kier alpha value is -1.36. The predicted molar refractivity (Wildman–Crippen MR) is 64.7 cm³/mol. The van der Waals surface area contributed by atoms with Crippen LogP contribution in [0.2, 0.25) is 0 Å². The number of carbonyl (C=O) groups excluding carboxylic acids is 1. The Kier molecular flexibility index (Phi) is 5.69. The largest absolute Gasteiger partial charge is 0.478 e. The van der Waals surface area contributed by atoms with Gasteiger partial charge in [-0.2, -0.15) is 0 Å². The molecule has 96 valence electrons. The zero-order valence-electron chi connectivity index (χ0n) is 10.2. The van der Waals surface area contributed by atoms with Gasteiger partial charge >= 0.3 is 5.97 Å². The molecule has 5 heteroatoms. The Morgan fingerprint density at radius 3 is 2.59 bits per heavy atom. The summed E-state index contributed by atoms with van der Waals surface area (Å²) >= 11 is 0. The molecule has 1 rings (SSSR count). The van der Waals surface area contributed by atoms with Crippen LogP contribution in [-0.4, -0.2) is 48.1 Å². The maximum absolute atomic E-state index is 11.6. The molecule has 0 saturated carbocycles. The number of amides is 1. The lowest BCUT2D eigenvalue weighted by Gasteiger charge is -2.15. The molecular formula is C12H20N2O3. The maximum atomic E-state index is 11.6. The average molecular weight is 240 g/mol. The van der Waals surface area contributed by atoms with E-state index in [-0.39, 0.29) is 5.91 Å². The first kappa shape index (κ1) is 13.7. The third-order valence-corrected chi connectivity index (χ3v) is 2.75. The molecule has 0 spiro atoms. The molecule has 1 saturated heterocycles. The van der Waals surface area contributed by atoms with Gasteiger partial charge in [0.1, 0.15) is 0 Å². The topological polar surface area (TPSA) is 69.6 Å². The lowest BCUT2D eigenvalue weighted by Crippen LogP contribution is -2.31. The fourth-order valence-corrected chi connectivity index (χ4v) is 1.87. The number of hydrogen-bond acceptors (Lipinski definition) is 3. The van der Waals surface area contributed by atoms with Crippen LogP contribution in [0, 0.1) is 0 Å². The second-order valence-electron chi connectivity index (χ2n) is 4.34. The first-order valence-electron chi connectivity index (χ1n) is 5.98. The number of likely N-dealkylation sites (tertiary alicyclic amines) is 1. The molecule has 0 aromatic heterocycles. The molecule has 1 fully saturated rings. The molecule has 0 aliphatic carbocycles. The number of rotatable bonds is 6. The van der Waals surface area contributed by atoms with Crippen molar-refractivity contribution in [3.63, 3.8) is 0 Å². The Morgan fingerprint density at radius 1 is 1.35 bits per heavy atom. The molecule has 0 aromatic rings. The van der Waals surface area contributed by atoms with Crippen molar-refractivity contribution in [2.75, 3.05) is 26.2 Å². The highest BCUT2D eigenvalue weighted by Gasteiger charge is 2.16. The molecule has 0 unspecified atom stereocenters. The second kappa shape index (κ2) is 7.06. The lowest BCUT2D eigenvalue weighted by molar-refractivity contribution is -0.131. The van der Waals surface area contributed by atoms with Crippen LogP contribution in [0.1, 0.15) is 26.2 Å². The van der Waals surface area contributed by atoms with Crippen molar-refractivity contribution in [2.45, 2.75) is 26.2 Å². The molecule has 2 N–H and O–H groups in total. The Morgan fingerprint density at radius 2 is 2.00 bits per heavy atom. The summed E-state index contributed by atoms with van der Waals surface area (Å²) in [7, 11) is 0. The monoisotopic (exact) mass is 240 g/mol. The van der Waals surface area contributed by atoms with Gasteiger partial charge < -0.3 is 15.3 Å². The van der Waals surface area contributed by atoms with Crippen LogP contribution in [0.5, 0.6) is 0 Å². The van der Waals surface area contributed by atoms with E-state index in [0.29, 0.717) is 19.5 Å². The number of aliphatic carboxylic acids is 1. The third-order valence-electron chi connectivity index (χ3n) is 2.75. The summed E-state index contributed by atoms with van der Waals surface area (Å²) < 4.78 is 0. The molecule has 0 aromatic carbocycles. The van der Waals surface area contributed by atoms with E-state index in [0.717, 1.165) is 31.5 Å². The average Bonchev–Trinajstić information content (AvgIpc) is 2.76. The molecule has 5 nitrogen and oxygen atoms in total. The quantitative estimate of drug-likeness (QED) is 0.527. The van der Waals surface area contributed by atoms with Gasteiger partial charge in [-0.15, -0.1) is 0 Å². The fourth-order valence-electron chi connectivity index (χ4n) is 1.87. The van der Waals surface area contributed by atoms with Gasteiger partial charge in [0.2, 0.25) is 5.91 Å². The Bertz CT molecular complexity index is 307. The SMILES string of the molecule is CC(=CC(=O)O)CNCCC(=O)N1CCCC1. The van der Waals surface area contributed by atoms with Crippen molar-refractivity contribution < 1.29 is 14.7 Å². The summed E-state index contributed by atoms with van der Waals surface area (Å²) in [5.74, 6) is -0.743. The first-order chi connectivity index (χ1) is 8.09. The molecule has 1 heterocycles. The minimum Gasteiger partial charge on any atom is -0.478 e. The van der Waals surface area contributed by atoms with Crippen LogP contribution in [0.3, 0.4) is 0 Å². The maximum Gasteiger partial charge on any atom is 0.328 e. The Balaban J connectivity index is 2.11. The molecule has 17 heavy (non-hydrogen) atoms. The zero-order chi connectivity index (χ0) is 12.7. The van der Waals surface area contributed by atoms with Crippen LogP contribution in [-0.2, 0) is 9.59 Å². The molecule has 1 amide bonds. The van der Waals surface area contributed by atoms with Gasteiger partial charge in [-0.05, 0) is 19.8 Å². The van der Waals surface area contributed by atoms with Crippen LogP contribution in [0.15, 0.2) is 11.6 Å². The van der Waals surface area contributed by atoms with E-state index in [4.69, 9.17) is 5.11 Å². The van der Waals surface area contributed by atoms with Crippen LogP contribution >= 0.6 is 0 Å². The lowest BCUT2D eigenvalue weighted by atomic mass is 10.2. The summed E-state index contributed by atoms with van der Waals surface area (Å²) in [6, 6.07) is 0. The van der Waals surface area contributed by atoms with E-state index < -0.39 is 5.97 Å². The van der Waals surface area contributed by atoms with Gasteiger partial charge in [0.05, 0.1) is 0 Å². The minimum absolute atomic E-state index is 0.190. The van der Waals surface area contributed by atoms with Crippen LogP contribution < -0.4 is 5.32 Å². The molecule has 0 radical (unpaired) electrons. The van der Waals surface area contributed by atoms with Crippen molar-refractivity contribution in [3.05, 3.63) is 11.6 Å². The number of carboxylic acids is 1. The number of nitrogens with one attached hydrogen (secondary N) is 1. The second-order valence-corrected chi connectivity index (χ2v) is 4.34. The number of hydrogen-bond donors (Lipinski definition) is 2. The first-order valence-corrected chi connectivity index (χ1v) is 5.98. The minimum atomic E-state index is -0.933. The van der Waals surface area contributed by atoms with Gasteiger partial charge in [0.15, 0.2) is 0 Å². The third kappa shape index (κ3) is 5.49. The van der Waals surface area contributed by atoms with Gasteiger partial charge in [-0.1, -0.05) is 5.57 Å². The van der Waals surface area contributed by atoms with Gasteiger partial charge in [-0.25, -0.2) is 4.79 Å². The van der Waals surface area contributed by atoms with E-state index in [1.54, 1.807) is 6.92 Å². The van der Waals surface area contributed by atoms with Crippen LogP contribution in [0.25, 0.3) is 0 Å². The van der Waals surface area contributed by atoms with Crippen molar-refractivity contribution >= 4 is 11.9 Å². The number of nitrogens with zero attached hydrogens (tertiary/aromatic N) is 1.